The molecule has 0 aliphatic carbocycles. The minimum Gasteiger partial charge on any atom is -0.756 e. The van der Waals surface area contributed by atoms with Gasteiger partial charge in [-0.3, -0.25) is 14.2 Å². The van der Waals surface area contributed by atoms with Crippen LogP contribution in [0.15, 0.2) is 36.5 Å². The molecule has 0 amide bonds. The number of unbranched alkanes of at least 4 members (excludes halogenated alkanes) is 25. The van der Waals surface area contributed by atoms with Gasteiger partial charge in [-0.1, -0.05) is 192 Å². The van der Waals surface area contributed by atoms with E-state index >= 15 is 0 Å². The van der Waals surface area contributed by atoms with Crippen LogP contribution >= 0.6 is 7.82 Å². The van der Waals surface area contributed by atoms with E-state index in [9.17, 15) is 19.0 Å². The number of likely N-dealkylation sites (N-methyl/N-ethyl adjacent to an activating group) is 1. The van der Waals surface area contributed by atoms with Gasteiger partial charge < -0.3 is 27.9 Å². The van der Waals surface area contributed by atoms with Crippen molar-refractivity contribution in [3.63, 3.8) is 0 Å². The lowest BCUT2D eigenvalue weighted by atomic mass is 10.0. The molecular weight excluding hydrogens is 774 g/mol. The molecule has 0 saturated heterocycles. The summed E-state index contributed by atoms with van der Waals surface area (Å²) in [7, 11) is 1.17. The van der Waals surface area contributed by atoms with E-state index in [0.29, 0.717) is 17.4 Å². The number of hydrogen-bond acceptors (Lipinski definition) is 8. The molecule has 0 N–H and O–H groups in total. The second kappa shape index (κ2) is 42.5. The van der Waals surface area contributed by atoms with Crippen LogP contribution in [0.4, 0.5) is 0 Å². The van der Waals surface area contributed by atoms with E-state index in [4.69, 9.17) is 18.5 Å². The third-order valence-corrected chi connectivity index (χ3v) is 11.6. The summed E-state index contributed by atoms with van der Waals surface area (Å²) in [6.07, 6.45) is 49.0. The highest BCUT2D eigenvalue weighted by molar-refractivity contribution is 7.45. The summed E-state index contributed by atoms with van der Waals surface area (Å²) in [4.78, 5) is 37.5. The Hall–Kier alpha value is -1.77. The van der Waals surface area contributed by atoms with Crippen molar-refractivity contribution in [3.8, 4) is 0 Å². The fourth-order valence-corrected chi connectivity index (χ4v) is 7.51. The van der Waals surface area contributed by atoms with Crippen molar-refractivity contribution >= 4 is 19.8 Å². The fourth-order valence-electron chi connectivity index (χ4n) is 6.78. The van der Waals surface area contributed by atoms with Crippen molar-refractivity contribution in [1.82, 2.24) is 0 Å². The van der Waals surface area contributed by atoms with Crippen LogP contribution in [-0.2, 0) is 32.7 Å². The number of esters is 2. The Bertz CT molecular complexity index is 1120. The van der Waals surface area contributed by atoms with Gasteiger partial charge in [-0.15, -0.1) is 0 Å². The first-order valence-electron chi connectivity index (χ1n) is 24.7. The van der Waals surface area contributed by atoms with Crippen molar-refractivity contribution < 1.29 is 42.1 Å². The molecule has 0 aliphatic heterocycles. The summed E-state index contributed by atoms with van der Waals surface area (Å²) in [5.74, 6) is -0.834. The lowest BCUT2D eigenvalue weighted by molar-refractivity contribution is -0.870. The Morgan fingerprint density at radius 2 is 0.900 bits per heavy atom. The summed E-state index contributed by atoms with van der Waals surface area (Å²) >= 11 is 0. The second-order valence-electron chi connectivity index (χ2n) is 17.8. The van der Waals surface area contributed by atoms with E-state index in [0.717, 1.165) is 51.4 Å². The molecule has 0 aliphatic rings. The molecule has 0 rings (SSSR count). The number of ether oxygens (including phenoxy) is 2. The van der Waals surface area contributed by atoms with E-state index < -0.39 is 26.5 Å². The normalized spacial score (nSPS) is 13.8. The van der Waals surface area contributed by atoms with Gasteiger partial charge in [-0.05, 0) is 51.4 Å². The highest BCUT2D eigenvalue weighted by Gasteiger charge is 2.21. The van der Waals surface area contributed by atoms with E-state index in [-0.39, 0.29) is 32.0 Å². The predicted octanol–water partition coefficient (Wildman–Crippen LogP) is 13.8. The fraction of sp³-hybridized carbons (Fsp3) is 0.840. The molecule has 0 heterocycles. The molecule has 0 saturated carbocycles. The standard InChI is InChI=1S/C50H94NO8P/c1-6-8-10-12-14-16-17-18-19-20-21-22-23-24-25-26-27-28-29-30-31-32-33-35-37-39-41-43-50(53)59-48(47-58-60(54,55)57-45-44-51(3,4)5)46-56-49(52)42-40-38-36-34-15-13-11-9-7-2/h17-18,20-21,23-24,48H,6-16,19,22,25-47H2,1-5H3/b18-17-,21-20-,24-23-. The lowest BCUT2D eigenvalue weighted by Crippen LogP contribution is -2.37. The Labute approximate surface area is 370 Å². The average Bonchev–Trinajstić information content (AvgIpc) is 3.20. The van der Waals surface area contributed by atoms with Gasteiger partial charge >= 0.3 is 11.9 Å². The zero-order valence-corrected chi connectivity index (χ0v) is 40.6. The van der Waals surface area contributed by atoms with Gasteiger partial charge in [0.2, 0.25) is 0 Å². The molecule has 0 aromatic rings. The third kappa shape index (κ3) is 45.7. The Morgan fingerprint density at radius 1 is 0.517 bits per heavy atom. The summed E-state index contributed by atoms with van der Waals surface area (Å²) in [6.45, 7) is 4.20. The second-order valence-corrected chi connectivity index (χ2v) is 19.2. The van der Waals surface area contributed by atoms with Crippen LogP contribution < -0.4 is 4.89 Å². The maximum absolute atomic E-state index is 12.7. The zero-order valence-electron chi connectivity index (χ0n) is 39.7. The molecule has 0 aromatic heterocycles. The van der Waals surface area contributed by atoms with Gasteiger partial charge in [-0.2, -0.15) is 0 Å². The number of allylic oxidation sites excluding steroid dienone is 6. The van der Waals surface area contributed by atoms with Crippen molar-refractivity contribution in [3.05, 3.63) is 36.5 Å². The Morgan fingerprint density at radius 3 is 1.33 bits per heavy atom. The monoisotopic (exact) mass is 868 g/mol. The molecule has 2 unspecified atom stereocenters. The van der Waals surface area contributed by atoms with E-state index in [1.165, 1.54) is 135 Å². The highest BCUT2D eigenvalue weighted by atomic mass is 31.2. The molecule has 0 aromatic carbocycles. The maximum atomic E-state index is 12.7. The smallest absolute Gasteiger partial charge is 0.306 e. The first-order valence-corrected chi connectivity index (χ1v) is 26.2. The van der Waals surface area contributed by atoms with Crippen molar-refractivity contribution in [2.24, 2.45) is 0 Å². The van der Waals surface area contributed by atoms with Crippen molar-refractivity contribution in [1.29, 1.82) is 0 Å². The van der Waals surface area contributed by atoms with Gasteiger partial charge in [0.25, 0.3) is 7.82 Å². The number of carbonyl (C=O) groups is 2. The molecule has 0 fully saturated rings. The van der Waals surface area contributed by atoms with Crippen LogP contribution in [0.3, 0.4) is 0 Å². The summed E-state index contributed by atoms with van der Waals surface area (Å²) in [5.41, 5.74) is 0. The van der Waals surface area contributed by atoms with E-state index in [2.05, 4.69) is 50.3 Å². The molecule has 9 nitrogen and oxygen atoms in total. The van der Waals surface area contributed by atoms with Gasteiger partial charge in [0, 0.05) is 12.8 Å². The molecule has 2 atom stereocenters. The minimum atomic E-state index is -4.62. The predicted molar refractivity (Wildman–Crippen MR) is 250 cm³/mol. The number of carbonyl (C=O) groups excluding carboxylic acids is 2. The van der Waals surface area contributed by atoms with Crippen LogP contribution in [0.1, 0.15) is 219 Å². The summed E-state index contributed by atoms with van der Waals surface area (Å²) in [6, 6.07) is 0. The first kappa shape index (κ1) is 58.2. The molecule has 10 heteroatoms. The van der Waals surface area contributed by atoms with E-state index in [1.807, 2.05) is 21.1 Å². The molecular formula is C50H94NO8P. The maximum Gasteiger partial charge on any atom is 0.306 e. The van der Waals surface area contributed by atoms with Gasteiger partial charge in [0.1, 0.15) is 19.8 Å². The van der Waals surface area contributed by atoms with Crippen LogP contribution in [0, 0.1) is 0 Å². The lowest BCUT2D eigenvalue weighted by Gasteiger charge is -2.28. The summed E-state index contributed by atoms with van der Waals surface area (Å²) < 4.78 is 33.9. The number of quaternary nitrogens is 1. The van der Waals surface area contributed by atoms with E-state index in [1.54, 1.807) is 0 Å². The van der Waals surface area contributed by atoms with Crippen LogP contribution in [0.2, 0.25) is 0 Å². The molecule has 60 heavy (non-hydrogen) atoms. The third-order valence-electron chi connectivity index (χ3n) is 10.7. The van der Waals surface area contributed by atoms with Crippen molar-refractivity contribution in [2.45, 2.75) is 225 Å². The van der Waals surface area contributed by atoms with Gasteiger partial charge in [0.05, 0.1) is 27.7 Å². The van der Waals surface area contributed by atoms with Gasteiger partial charge in [-0.25, -0.2) is 0 Å². The molecule has 0 spiro atoms. The Balaban J connectivity index is 4.11. The van der Waals surface area contributed by atoms with Crippen LogP contribution in [0.25, 0.3) is 0 Å². The van der Waals surface area contributed by atoms with Crippen LogP contribution in [0.5, 0.6) is 0 Å². The minimum absolute atomic E-state index is 0.0301. The number of nitrogens with zero attached hydrogens (tertiary/aromatic N) is 1. The van der Waals surface area contributed by atoms with Crippen molar-refractivity contribution in [2.75, 3.05) is 47.5 Å². The quantitative estimate of drug-likeness (QED) is 0.0196. The molecule has 0 radical (unpaired) electrons. The van der Waals surface area contributed by atoms with Crippen LogP contribution in [-0.4, -0.2) is 70.0 Å². The number of phosphoric acid groups is 1. The number of rotatable bonds is 45. The summed E-state index contributed by atoms with van der Waals surface area (Å²) in [5, 5.41) is 0. The Kier molecular flexibility index (Phi) is 41.3. The zero-order chi connectivity index (χ0) is 44.3. The molecule has 0 bridgehead atoms. The average molecular weight is 868 g/mol. The largest absolute Gasteiger partial charge is 0.756 e. The number of hydrogen-bond donors (Lipinski definition) is 0. The topological polar surface area (TPSA) is 111 Å². The van der Waals surface area contributed by atoms with Gasteiger partial charge in [0.15, 0.2) is 6.10 Å². The number of phosphoric ester groups is 1. The highest BCUT2D eigenvalue weighted by Crippen LogP contribution is 2.38. The SMILES string of the molecule is CCCCCCC/C=C\C/C=C\C/C=C\CCCCCCCCCCCCCCC(=O)OC(COC(=O)CCCCCCCCCCC)COP(=O)([O-])OCC[N+](C)(C)C. The molecule has 352 valence electrons. The first-order chi connectivity index (χ1) is 29.0.